The van der Waals surface area contributed by atoms with Crippen LogP contribution in [0.4, 0.5) is 4.79 Å². The van der Waals surface area contributed by atoms with Crippen molar-refractivity contribution in [3.8, 4) is 0 Å². The highest BCUT2D eigenvalue weighted by Gasteiger charge is 2.25. The third-order valence-corrected chi connectivity index (χ3v) is 3.28. The van der Waals surface area contributed by atoms with Crippen LogP contribution < -0.4 is 0 Å². The molecule has 0 bridgehead atoms. The standard InChI is InChI=1S/C16H21NO3/c1-11(18)12-5-6-14-10-17(8-7-13(14)9-12)15(19)20-16(2,3)4/h5-6,9H,7-8,10H2,1-4H3. The van der Waals surface area contributed by atoms with E-state index in [0.717, 1.165) is 23.1 Å². The first-order chi connectivity index (χ1) is 9.26. The normalized spacial score (nSPS) is 14.7. The van der Waals surface area contributed by atoms with Crippen molar-refractivity contribution in [3.05, 3.63) is 34.9 Å². The summed E-state index contributed by atoms with van der Waals surface area (Å²) in [6.07, 6.45) is 0.481. The number of fused-ring (bicyclic) bond motifs is 1. The van der Waals surface area contributed by atoms with Crippen LogP contribution in [0.5, 0.6) is 0 Å². The van der Waals surface area contributed by atoms with Crippen LogP contribution in [0.25, 0.3) is 0 Å². The number of ketones is 1. The van der Waals surface area contributed by atoms with Crippen LogP contribution in [0, 0.1) is 0 Å². The Bertz CT molecular complexity index is 543. The molecule has 0 fully saturated rings. The van der Waals surface area contributed by atoms with Crippen LogP contribution in [-0.4, -0.2) is 28.9 Å². The summed E-state index contributed by atoms with van der Waals surface area (Å²) in [5, 5.41) is 0. The Balaban J connectivity index is 2.12. The fourth-order valence-electron chi connectivity index (χ4n) is 2.25. The first-order valence-corrected chi connectivity index (χ1v) is 6.87. The number of nitrogens with zero attached hydrogens (tertiary/aromatic N) is 1. The van der Waals surface area contributed by atoms with E-state index in [1.807, 2.05) is 39.0 Å². The van der Waals surface area contributed by atoms with Gasteiger partial charge in [-0.05, 0) is 51.3 Å². The van der Waals surface area contributed by atoms with Gasteiger partial charge in [-0.25, -0.2) is 4.79 Å². The van der Waals surface area contributed by atoms with Crippen molar-refractivity contribution in [3.63, 3.8) is 0 Å². The highest BCUT2D eigenvalue weighted by atomic mass is 16.6. The maximum Gasteiger partial charge on any atom is 0.410 e. The van der Waals surface area contributed by atoms with E-state index in [0.29, 0.717) is 13.1 Å². The number of ether oxygens (including phenoxy) is 1. The predicted octanol–water partition coefficient (Wildman–Crippen LogP) is 3.18. The average molecular weight is 275 g/mol. The van der Waals surface area contributed by atoms with Gasteiger partial charge in [0, 0.05) is 18.7 Å². The van der Waals surface area contributed by atoms with Crippen LogP contribution >= 0.6 is 0 Å². The molecule has 1 aliphatic rings. The van der Waals surface area contributed by atoms with E-state index < -0.39 is 5.60 Å². The first-order valence-electron chi connectivity index (χ1n) is 6.87. The van der Waals surface area contributed by atoms with Crippen LogP contribution in [0.1, 0.15) is 49.2 Å². The molecule has 0 spiro atoms. The van der Waals surface area contributed by atoms with E-state index in [9.17, 15) is 9.59 Å². The fraction of sp³-hybridized carbons (Fsp3) is 0.500. The molecular formula is C16H21NO3. The summed E-state index contributed by atoms with van der Waals surface area (Å²) in [4.78, 5) is 25.1. The molecule has 0 aliphatic carbocycles. The van der Waals surface area contributed by atoms with Gasteiger partial charge in [0.2, 0.25) is 0 Å². The Kier molecular flexibility index (Phi) is 3.84. The van der Waals surface area contributed by atoms with Gasteiger partial charge in [-0.2, -0.15) is 0 Å². The molecule has 1 aromatic carbocycles. The Morgan fingerprint density at radius 2 is 1.90 bits per heavy atom. The molecule has 2 rings (SSSR count). The van der Waals surface area contributed by atoms with Crippen LogP contribution in [0.3, 0.4) is 0 Å². The SMILES string of the molecule is CC(=O)c1ccc2c(c1)CCN(C(=O)OC(C)(C)C)C2. The first kappa shape index (κ1) is 14.6. The van der Waals surface area contributed by atoms with E-state index in [2.05, 4.69) is 0 Å². The molecule has 1 aliphatic heterocycles. The number of benzene rings is 1. The lowest BCUT2D eigenvalue weighted by atomic mass is 9.96. The summed E-state index contributed by atoms with van der Waals surface area (Å²) in [5.74, 6) is 0.0716. The van der Waals surface area contributed by atoms with Crippen molar-refractivity contribution in [1.29, 1.82) is 0 Å². The van der Waals surface area contributed by atoms with Crippen molar-refractivity contribution < 1.29 is 14.3 Å². The van der Waals surface area contributed by atoms with Gasteiger partial charge in [-0.15, -0.1) is 0 Å². The second kappa shape index (κ2) is 5.27. The fourth-order valence-corrected chi connectivity index (χ4v) is 2.25. The Morgan fingerprint density at radius 1 is 1.20 bits per heavy atom. The van der Waals surface area contributed by atoms with Gasteiger partial charge in [-0.3, -0.25) is 4.79 Å². The van der Waals surface area contributed by atoms with Gasteiger partial charge in [0.15, 0.2) is 5.78 Å². The topological polar surface area (TPSA) is 46.6 Å². The monoisotopic (exact) mass is 275 g/mol. The van der Waals surface area contributed by atoms with Crippen LogP contribution in [0.15, 0.2) is 18.2 Å². The van der Waals surface area contributed by atoms with Crippen molar-refractivity contribution in [2.24, 2.45) is 0 Å². The van der Waals surface area contributed by atoms with Gasteiger partial charge >= 0.3 is 6.09 Å². The Hall–Kier alpha value is -1.84. The number of carbonyl (C=O) groups excluding carboxylic acids is 2. The van der Waals surface area contributed by atoms with Gasteiger partial charge in [-0.1, -0.05) is 12.1 Å². The summed E-state index contributed by atoms with van der Waals surface area (Å²) >= 11 is 0. The quantitative estimate of drug-likeness (QED) is 0.739. The van der Waals surface area contributed by atoms with E-state index in [1.54, 1.807) is 11.8 Å². The molecule has 0 atom stereocenters. The molecule has 1 heterocycles. The van der Waals surface area contributed by atoms with Gasteiger partial charge in [0.05, 0.1) is 0 Å². The second-order valence-corrected chi connectivity index (χ2v) is 6.19. The minimum atomic E-state index is -0.476. The highest BCUT2D eigenvalue weighted by Crippen LogP contribution is 2.22. The van der Waals surface area contributed by atoms with Gasteiger partial charge in [0.25, 0.3) is 0 Å². The molecule has 108 valence electrons. The number of rotatable bonds is 1. The van der Waals surface area contributed by atoms with E-state index in [1.165, 1.54) is 0 Å². The lowest BCUT2D eigenvalue weighted by Gasteiger charge is -2.31. The molecule has 0 aromatic heterocycles. The lowest BCUT2D eigenvalue weighted by Crippen LogP contribution is -2.39. The minimum absolute atomic E-state index is 0.0716. The van der Waals surface area contributed by atoms with Gasteiger partial charge in [0.1, 0.15) is 5.60 Å². The predicted molar refractivity (Wildman–Crippen MR) is 76.8 cm³/mol. The molecule has 1 aromatic rings. The van der Waals surface area contributed by atoms with E-state index in [-0.39, 0.29) is 11.9 Å². The summed E-state index contributed by atoms with van der Waals surface area (Å²) in [6, 6.07) is 5.69. The van der Waals surface area contributed by atoms with Gasteiger partial charge < -0.3 is 9.64 Å². The van der Waals surface area contributed by atoms with Crippen molar-refractivity contribution in [2.45, 2.75) is 46.3 Å². The molecule has 0 saturated carbocycles. The molecule has 4 heteroatoms. The molecule has 20 heavy (non-hydrogen) atoms. The smallest absolute Gasteiger partial charge is 0.410 e. The summed E-state index contributed by atoms with van der Waals surface area (Å²) < 4.78 is 5.39. The molecule has 0 N–H and O–H groups in total. The second-order valence-electron chi connectivity index (χ2n) is 6.19. The Morgan fingerprint density at radius 3 is 2.50 bits per heavy atom. The average Bonchev–Trinajstić information content (AvgIpc) is 2.35. The number of carbonyl (C=O) groups is 2. The maximum atomic E-state index is 12.0. The number of hydrogen-bond donors (Lipinski definition) is 0. The maximum absolute atomic E-state index is 12.0. The highest BCUT2D eigenvalue weighted by molar-refractivity contribution is 5.94. The summed E-state index contributed by atoms with van der Waals surface area (Å²) in [5.41, 5.74) is 2.50. The molecule has 0 unspecified atom stereocenters. The Labute approximate surface area is 119 Å². The van der Waals surface area contributed by atoms with Crippen molar-refractivity contribution in [2.75, 3.05) is 6.54 Å². The third-order valence-electron chi connectivity index (χ3n) is 3.28. The van der Waals surface area contributed by atoms with Crippen molar-refractivity contribution in [1.82, 2.24) is 4.90 Å². The number of amides is 1. The molecule has 0 radical (unpaired) electrons. The van der Waals surface area contributed by atoms with Crippen LogP contribution in [0.2, 0.25) is 0 Å². The molecule has 0 saturated heterocycles. The zero-order valence-corrected chi connectivity index (χ0v) is 12.5. The largest absolute Gasteiger partial charge is 0.444 e. The molecule has 1 amide bonds. The van der Waals surface area contributed by atoms with E-state index in [4.69, 9.17) is 4.74 Å². The van der Waals surface area contributed by atoms with Crippen LogP contribution in [-0.2, 0) is 17.7 Å². The van der Waals surface area contributed by atoms with E-state index >= 15 is 0 Å². The number of hydrogen-bond acceptors (Lipinski definition) is 3. The third kappa shape index (κ3) is 3.38. The summed E-state index contributed by atoms with van der Waals surface area (Å²) in [6.45, 7) is 8.33. The van der Waals surface area contributed by atoms with Crippen molar-refractivity contribution >= 4 is 11.9 Å². The lowest BCUT2D eigenvalue weighted by molar-refractivity contribution is 0.0224. The zero-order chi connectivity index (χ0) is 14.9. The number of Topliss-reactive ketones (excluding diaryl/α,β-unsaturated/α-hetero) is 1. The molecule has 4 nitrogen and oxygen atoms in total. The molecular weight excluding hydrogens is 254 g/mol. The zero-order valence-electron chi connectivity index (χ0n) is 12.5. The minimum Gasteiger partial charge on any atom is -0.444 e. The summed E-state index contributed by atoms with van der Waals surface area (Å²) in [7, 11) is 0.